The summed E-state index contributed by atoms with van der Waals surface area (Å²) in [4.78, 5) is 13.6. The molecule has 2 rings (SSSR count). The molecule has 4 atom stereocenters. The Balaban J connectivity index is 2.03. The van der Waals surface area contributed by atoms with E-state index in [9.17, 15) is 20.1 Å². The van der Waals surface area contributed by atoms with Crippen molar-refractivity contribution in [2.75, 3.05) is 26.3 Å². The van der Waals surface area contributed by atoms with E-state index in [-0.39, 0.29) is 25.5 Å². The average Bonchev–Trinajstić information content (AvgIpc) is 2.81. The number of nitrogens with zero attached hydrogens (tertiary/aromatic N) is 1. The predicted octanol–water partition coefficient (Wildman–Crippen LogP) is 0.665. The van der Waals surface area contributed by atoms with Crippen molar-refractivity contribution in [1.82, 2.24) is 10.2 Å². The molecule has 1 fully saturated rings. The van der Waals surface area contributed by atoms with Crippen LogP contribution in [0.1, 0.15) is 13.3 Å². The first-order chi connectivity index (χ1) is 12.4. The minimum Gasteiger partial charge on any atom is -0.491 e. The molecule has 146 valence electrons. The Morgan fingerprint density at radius 2 is 1.96 bits per heavy atom. The molecule has 1 aromatic rings. The Bertz CT molecular complexity index is 619. The number of likely N-dealkylation sites (tertiary alicyclic amines) is 1. The summed E-state index contributed by atoms with van der Waals surface area (Å²) in [6, 6.07) is 3.58. The van der Waals surface area contributed by atoms with Crippen molar-refractivity contribution in [3.05, 3.63) is 28.2 Å². The second-order valence-corrected chi connectivity index (χ2v) is 6.96. The van der Waals surface area contributed by atoms with Gasteiger partial charge in [0.2, 0.25) is 5.91 Å². The molecule has 0 bridgehead atoms. The molecule has 0 aliphatic carbocycles. The normalized spacial score (nSPS) is 26.1. The topological polar surface area (TPSA) is 102 Å². The van der Waals surface area contributed by atoms with Crippen LogP contribution >= 0.6 is 23.2 Å². The van der Waals surface area contributed by atoms with Crippen molar-refractivity contribution in [1.29, 1.82) is 0 Å². The molecule has 0 aromatic heterocycles. The van der Waals surface area contributed by atoms with Crippen LogP contribution in [0, 0.1) is 0 Å². The van der Waals surface area contributed by atoms with Crippen LogP contribution in [-0.2, 0) is 4.79 Å². The first kappa shape index (κ1) is 21.2. The molecule has 0 spiro atoms. The summed E-state index contributed by atoms with van der Waals surface area (Å²) in [6.45, 7) is 2.43. The molecule has 0 unspecified atom stereocenters. The minimum atomic E-state index is -1.14. The molecular weight excluding hydrogens is 383 g/mol. The highest BCUT2D eigenvalue weighted by atomic mass is 35.5. The van der Waals surface area contributed by atoms with Gasteiger partial charge in [-0.3, -0.25) is 9.69 Å². The van der Waals surface area contributed by atoms with Crippen molar-refractivity contribution >= 4 is 29.1 Å². The average molecular weight is 407 g/mol. The van der Waals surface area contributed by atoms with Crippen LogP contribution in [0.25, 0.3) is 0 Å². The zero-order valence-electron chi connectivity index (χ0n) is 14.4. The van der Waals surface area contributed by atoms with Crippen LogP contribution in [0.15, 0.2) is 18.2 Å². The van der Waals surface area contributed by atoms with Gasteiger partial charge in [0.25, 0.3) is 0 Å². The van der Waals surface area contributed by atoms with Gasteiger partial charge in [-0.05, 0) is 25.1 Å². The molecule has 1 aliphatic heterocycles. The van der Waals surface area contributed by atoms with E-state index in [1.54, 1.807) is 30.0 Å². The van der Waals surface area contributed by atoms with Crippen molar-refractivity contribution < 1.29 is 24.9 Å². The fourth-order valence-electron chi connectivity index (χ4n) is 3.19. The van der Waals surface area contributed by atoms with Gasteiger partial charge in [-0.2, -0.15) is 0 Å². The lowest BCUT2D eigenvalue weighted by Crippen LogP contribution is -2.45. The number of benzene rings is 1. The van der Waals surface area contributed by atoms with E-state index in [0.29, 0.717) is 28.9 Å². The zero-order valence-corrected chi connectivity index (χ0v) is 16.0. The third-order valence-corrected chi connectivity index (χ3v) is 4.98. The third kappa shape index (κ3) is 5.00. The molecule has 0 saturated carbocycles. The van der Waals surface area contributed by atoms with Gasteiger partial charge in [0, 0.05) is 30.6 Å². The van der Waals surface area contributed by atoms with Crippen LogP contribution in [0.3, 0.4) is 0 Å². The van der Waals surface area contributed by atoms with E-state index in [0.717, 1.165) is 0 Å². The van der Waals surface area contributed by atoms with E-state index in [1.165, 1.54) is 0 Å². The Hall–Kier alpha value is -1.09. The lowest BCUT2D eigenvalue weighted by atomic mass is 10.1. The number of carbonyl (C=O) groups excluding carboxylic acids is 1. The number of hydrogen-bond acceptors (Lipinski definition) is 6. The SMILES string of the molecule is CCNC(=O)C[C@@H]1[C@@H](O)[C@H](O)[C@@H](CO)N1CCOc1ccc(Cl)cc1Cl. The third-order valence-electron chi connectivity index (χ3n) is 4.45. The fourth-order valence-corrected chi connectivity index (χ4v) is 3.65. The van der Waals surface area contributed by atoms with Crippen LogP contribution < -0.4 is 10.1 Å². The number of aliphatic hydroxyl groups is 3. The molecule has 26 heavy (non-hydrogen) atoms. The summed E-state index contributed by atoms with van der Waals surface area (Å²) in [5.74, 6) is 0.228. The highest BCUT2D eigenvalue weighted by molar-refractivity contribution is 6.35. The van der Waals surface area contributed by atoms with Gasteiger partial charge in [-0.25, -0.2) is 0 Å². The van der Waals surface area contributed by atoms with Crippen LogP contribution in [0.2, 0.25) is 10.0 Å². The number of hydrogen-bond donors (Lipinski definition) is 4. The van der Waals surface area contributed by atoms with Gasteiger partial charge >= 0.3 is 0 Å². The summed E-state index contributed by atoms with van der Waals surface area (Å²) < 4.78 is 5.64. The van der Waals surface area contributed by atoms with Crippen LogP contribution in [-0.4, -0.2) is 76.7 Å². The molecule has 1 aliphatic rings. The summed E-state index contributed by atoms with van der Waals surface area (Å²) in [7, 11) is 0. The van der Waals surface area contributed by atoms with E-state index >= 15 is 0 Å². The quantitative estimate of drug-likeness (QED) is 0.505. The molecule has 4 N–H and O–H groups in total. The van der Waals surface area contributed by atoms with Crippen molar-refractivity contribution in [3.63, 3.8) is 0 Å². The molecule has 1 aromatic carbocycles. The van der Waals surface area contributed by atoms with Gasteiger partial charge in [0.05, 0.1) is 29.9 Å². The number of halogens is 2. The van der Waals surface area contributed by atoms with E-state index in [2.05, 4.69) is 5.32 Å². The second kappa shape index (κ2) is 9.73. The van der Waals surface area contributed by atoms with E-state index in [4.69, 9.17) is 27.9 Å². The number of ether oxygens (including phenoxy) is 1. The Morgan fingerprint density at radius 1 is 1.27 bits per heavy atom. The number of rotatable bonds is 8. The molecule has 1 amide bonds. The Morgan fingerprint density at radius 3 is 2.58 bits per heavy atom. The predicted molar refractivity (Wildman–Crippen MR) is 98.6 cm³/mol. The van der Waals surface area contributed by atoms with Crippen LogP contribution in [0.5, 0.6) is 5.75 Å². The maximum atomic E-state index is 11.9. The first-order valence-corrected chi connectivity index (χ1v) is 9.21. The van der Waals surface area contributed by atoms with Gasteiger partial charge in [0.1, 0.15) is 12.4 Å². The summed E-state index contributed by atoms with van der Waals surface area (Å²) in [5.41, 5.74) is 0. The van der Waals surface area contributed by atoms with Crippen LogP contribution in [0.4, 0.5) is 0 Å². The minimum absolute atomic E-state index is 0.0181. The number of amides is 1. The lowest BCUT2D eigenvalue weighted by Gasteiger charge is -2.29. The van der Waals surface area contributed by atoms with Crippen molar-refractivity contribution in [2.24, 2.45) is 0 Å². The van der Waals surface area contributed by atoms with Crippen molar-refractivity contribution in [2.45, 2.75) is 37.6 Å². The van der Waals surface area contributed by atoms with E-state index in [1.807, 2.05) is 0 Å². The Kier molecular flexibility index (Phi) is 7.94. The second-order valence-electron chi connectivity index (χ2n) is 6.12. The zero-order chi connectivity index (χ0) is 19.3. The summed E-state index contributed by atoms with van der Waals surface area (Å²) in [6.07, 6.45) is -2.25. The highest BCUT2D eigenvalue weighted by Gasteiger charge is 2.47. The monoisotopic (exact) mass is 406 g/mol. The maximum absolute atomic E-state index is 11.9. The van der Waals surface area contributed by atoms with Crippen molar-refractivity contribution in [3.8, 4) is 5.75 Å². The summed E-state index contributed by atoms with van der Waals surface area (Å²) >= 11 is 11.9. The molecule has 1 saturated heterocycles. The number of nitrogens with one attached hydrogen (secondary N) is 1. The molecule has 0 radical (unpaired) electrons. The van der Waals surface area contributed by atoms with Gasteiger partial charge < -0.3 is 25.4 Å². The van der Waals surface area contributed by atoms with Gasteiger partial charge in [0.15, 0.2) is 0 Å². The maximum Gasteiger partial charge on any atom is 0.221 e. The molecule has 9 heteroatoms. The Labute approximate surface area is 162 Å². The fraction of sp³-hybridized carbons (Fsp3) is 0.588. The summed E-state index contributed by atoms with van der Waals surface area (Å²) in [5, 5.41) is 33.6. The number of aliphatic hydroxyl groups excluding tert-OH is 3. The standard InChI is InChI=1S/C17H24Cl2N2O5/c1-2-20-15(23)8-12-16(24)17(25)13(9-22)21(12)5-6-26-14-4-3-10(18)7-11(14)19/h3-4,7,12-13,16-17,22,24-25H,2,5-6,8-9H2,1H3,(H,20,23)/t12-,13-,16-,17-/m1/s1. The van der Waals surface area contributed by atoms with Gasteiger partial charge in [-0.1, -0.05) is 23.2 Å². The largest absolute Gasteiger partial charge is 0.491 e. The van der Waals surface area contributed by atoms with Gasteiger partial charge in [-0.15, -0.1) is 0 Å². The number of carbonyl (C=O) groups is 1. The molecule has 7 nitrogen and oxygen atoms in total. The lowest BCUT2D eigenvalue weighted by molar-refractivity contribution is -0.123. The molecule has 1 heterocycles. The van der Waals surface area contributed by atoms with E-state index < -0.39 is 24.3 Å². The smallest absolute Gasteiger partial charge is 0.221 e. The molecular formula is C17H24Cl2N2O5. The highest BCUT2D eigenvalue weighted by Crippen LogP contribution is 2.29. The first-order valence-electron chi connectivity index (χ1n) is 8.46.